The van der Waals surface area contributed by atoms with Crippen LogP contribution in [0.15, 0.2) is 12.3 Å². The summed E-state index contributed by atoms with van der Waals surface area (Å²) in [5.74, 6) is -0.448. The van der Waals surface area contributed by atoms with Crippen molar-refractivity contribution in [3.8, 4) is 6.07 Å². The van der Waals surface area contributed by atoms with Crippen molar-refractivity contribution in [1.29, 1.82) is 5.26 Å². The van der Waals surface area contributed by atoms with E-state index in [-0.39, 0.29) is 36.2 Å². The third-order valence-electron chi connectivity index (χ3n) is 5.72. The van der Waals surface area contributed by atoms with Gasteiger partial charge in [-0.05, 0) is 57.8 Å². The summed E-state index contributed by atoms with van der Waals surface area (Å²) >= 11 is 5.54. The first kappa shape index (κ1) is 23.4. The Balaban J connectivity index is 1.88. The molecule has 2 fully saturated rings. The number of nitriles is 1. The molecule has 1 saturated heterocycles. The van der Waals surface area contributed by atoms with Crippen LogP contribution in [0.25, 0.3) is 0 Å². The van der Waals surface area contributed by atoms with Crippen LogP contribution in [0.2, 0.25) is 0 Å². The van der Waals surface area contributed by atoms with E-state index in [1.165, 1.54) is 6.07 Å². The van der Waals surface area contributed by atoms with Crippen LogP contribution in [0.1, 0.15) is 50.8 Å². The molecule has 3 rings (SSSR count). The van der Waals surface area contributed by atoms with Crippen LogP contribution in [0.4, 0.5) is 18.9 Å². The molecular formula is C20H23F3N4O3S. The van der Waals surface area contributed by atoms with Crippen LogP contribution in [-0.4, -0.2) is 56.9 Å². The van der Waals surface area contributed by atoms with Crippen LogP contribution in [0.3, 0.4) is 0 Å². The lowest BCUT2D eigenvalue weighted by molar-refractivity contribution is -0.138. The van der Waals surface area contributed by atoms with E-state index >= 15 is 0 Å². The predicted octanol–water partition coefficient (Wildman–Crippen LogP) is 3.00. The zero-order valence-corrected chi connectivity index (χ0v) is 18.0. The number of anilines is 1. The smallest absolute Gasteiger partial charge is 0.394 e. The average Bonchev–Trinajstić information content (AvgIpc) is 2.90. The van der Waals surface area contributed by atoms with Crippen LogP contribution in [-0.2, 0) is 15.7 Å². The number of hydrogen-bond acceptors (Lipinski definition) is 6. The van der Waals surface area contributed by atoms with E-state index in [2.05, 4.69) is 4.98 Å². The van der Waals surface area contributed by atoms with Gasteiger partial charge < -0.3 is 14.7 Å². The molecule has 0 bridgehead atoms. The van der Waals surface area contributed by atoms with Gasteiger partial charge in [-0.25, -0.2) is 4.98 Å². The van der Waals surface area contributed by atoms with Gasteiger partial charge in [0.05, 0.1) is 36.8 Å². The molecule has 0 atom stereocenters. The van der Waals surface area contributed by atoms with Gasteiger partial charge in [0.1, 0.15) is 11.6 Å². The summed E-state index contributed by atoms with van der Waals surface area (Å²) in [6.45, 7) is 3.60. The van der Waals surface area contributed by atoms with E-state index < -0.39 is 28.9 Å². The number of hydrogen-bond donors (Lipinski definition) is 1. The first-order valence-corrected chi connectivity index (χ1v) is 10.3. The number of aromatic nitrogens is 1. The molecule has 31 heavy (non-hydrogen) atoms. The quantitative estimate of drug-likeness (QED) is 0.682. The first-order valence-electron chi connectivity index (χ1n) is 9.90. The molecule has 0 unspecified atom stereocenters. The largest absolute Gasteiger partial charge is 0.419 e. The summed E-state index contributed by atoms with van der Waals surface area (Å²) in [7, 11) is 0. The summed E-state index contributed by atoms with van der Waals surface area (Å²) in [5, 5.41) is 18.0. The van der Waals surface area contributed by atoms with Crippen molar-refractivity contribution in [3.63, 3.8) is 0 Å². The molecule has 2 aliphatic rings. The minimum atomic E-state index is -4.79. The average molecular weight is 456 g/mol. The maximum atomic E-state index is 13.4. The van der Waals surface area contributed by atoms with Gasteiger partial charge in [0.25, 0.3) is 5.91 Å². The number of rotatable bonds is 5. The van der Waals surface area contributed by atoms with Gasteiger partial charge >= 0.3 is 6.18 Å². The molecule has 0 aromatic carbocycles. The minimum absolute atomic E-state index is 0.0200. The highest BCUT2D eigenvalue weighted by molar-refractivity contribution is 7.80. The topological polar surface area (TPSA) is 89.7 Å². The first-order chi connectivity index (χ1) is 14.5. The normalized spacial score (nSPS) is 23.9. The molecule has 0 radical (unpaired) electrons. The molecule has 0 spiro atoms. The van der Waals surface area contributed by atoms with E-state index in [4.69, 9.17) is 27.3 Å². The molecule has 1 aliphatic heterocycles. The highest BCUT2D eigenvalue weighted by Gasteiger charge is 2.52. The molecular weight excluding hydrogens is 433 g/mol. The predicted molar refractivity (Wildman–Crippen MR) is 109 cm³/mol. The highest BCUT2D eigenvalue weighted by atomic mass is 32.1. The van der Waals surface area contributed by atoms with E-state index in [1.807, 2.05) is 0 Å². The van der Waals surface area contributed by atoms with Crippen molar-refractivity contribution in [3.05, 3.63) is 23.5 Å². The van der Waals surface area contributed by atoms with Crippen molar-refractivity contribution in [2.45, 2.75) is 63.4 Å². The lowest BCUT2D eigenvalue weighted by atomic mass is 9.89. The Labute approximate surface area is 183 Å². The van der Waals surface area contributed by atoms with Gasteiger partial charge in [0.2, 0.25) is 0 Å². The zero-order chi connectivity index (χ0) is 23.0. The molecule has 1 amide bonds. The van der Waals surface area contributed by atoms with Crippen molar-refractivity contribution in [2.75, 3.05) is 18.1 Å². The maximum Gasteiger partial charge on any atom is 0.419 e. The fraction of sp³-hybridized carbons (Fsp3) is 0.600. The maximum absolute atomic E-state index is 13.4. The van der Waals surface area contributed by atoms with E-state index in [9.17, 15) is 18.0 Å². The molecule has 1 aromatic rings. The number of thiocarbonyl (C=S) groups is 1. The second kappa shape index (κ2) is 8.68. The number of ether oxygens (including phenoxy) is 1. The van der Waals surface area contributed by atoms with Gasteiger partial charge in [-0.3, -0.25) is 9.69 Å². The van der Waals surface area contributed by atoms with Gasteiger partial charge in [-0.2, -0.15) is 18.4 Å². The van der Waals surface area contributed by atoms with E-state index in [0.29, 0.717) is 12.8 Å². The van der Waals surface area contributed by atoms with Crippen LogP contribution < -0.4 is 4.90 Å². The van der Waals surface area contributed by atoms with Crippen molar-refractivity contribution in [2.24, 2.45) is 0 Å². The van der Waals surface area contributed by atoms with Crippen LogP contribution in [0, 0.1) is 11.3 Å². The Morgan fingerprint density at radius 1 is 1.35 bits per heavy atom. The van der Waals surface area contributed by atoms with Gasteiger partial charge in [0.15, 0.2) is 10.8 Å². The molecule has 1 aliphatic carbocycles. The van der Waals surface area contributed by atoms with Gasteiger partial charge in [0, 0.05) is 6.04 Å². The fourth-order valence-corrected chi connectivity index (χ4v) is 4.79. The molecule has 168 valence electrons. The zero-order valence-electron chi connectivity index (χ0n) is 17.1. The molecule has 2 heterocycles. The lowest BCUT2D eigenvalue weighted by Crippen LogP contribution is -2.51. The fourth-order valence-electron chi connectivity index (χ4n) is 4.22. The summed E-state index contributed by atoms with van der Waals surface area (Å²) in [6.07, 6.45) is -0.861. The summed E-state index contributed by atoms with van der Waals surface area (Å²) in [6, 6.07) is 2.11. The summed E-state index contributed by atoms with van der Waals surface area (Å²) < 4.78 is 45.7. The number of nitrogens with zero attached hydrogens (tertiary/aromatic N) is 4. The summed E-state index contributed by atoms with van der Waals surface area (Å²) in [4.78, 5) is 19.7. The number of aliphatic hydroxyl groups excluding tert-OH is 1. The van der Waals surface area contributed by atoms with Gasteiger partial charge in [-0.1, -0.05) is 0 Å². The Morgan fingerprint density at radius 3 is 2.55 bits per heavy atom. The summed E-state index contributed by atoms with van der Waals surface area (Å²) in [5.41, 5.74) is -3.13. The second-order valence-corrected chi connectivity index (χ2v) is 8.44. The monoisotopic (exact) mass is 456 g/mol. The van der Waals surface area contributed by atoms with Crippen LogP contribution >= 0.6 is 12.2 Å². The molecule has 1 N–H and O–H groups in total. The number of aliphatic hydroxyl groups is 1. The number of pyridine rings is 1. The second-order valence-electron chi connectivity index (χ2n) is 8.08. The Bertz CT molecular complexity index is 908. The molecule has 7 nitrogen and oxygen atoms in total. The number of carbonyl (C=O) groups is 1. The van der Waals surface area contributed by atoms with E-state index in [1.54, 1.807) is 18.7 Å². The number of carbonyl (C=O) groups excluding carboxylic acids is 1. The number of alkyl halides is 3. The molecule has 1 aromatic heterocycles. The number of halogens is 3. The number of amides is 1. The highest BCUT2D eigenvalue weighted by Crippen LogP contribution is 2.40. The Kier molecular flexibility index (Phi) is 6.55. The minimum Gasteiger partial charge on any atom is -0.394 e. The van der Waals surface area contributed by atoms with E-state index in [0.717, 1.165) is 30.0 Å². The Hall–Kier alpha value is -2.29. The molecule has 1 saturated carbocycles. The third kappa shape index (κ3) is 4.37. The molecule has 11 heteroatoms. The Morgan fingerprint density at radius 2 is 2.00 bits per heavy atom. The SMILES string of the molecule is CC1(C)C(=O)N(c2cnc(C#N)c(C(F)(F)F)c2)C(=S)N1[C@H]1CC[C@H](OCCO)CC1. The lowest BCUT2D eigenvalue weighted by Gasteiger charge is -2.40. The van der Waals surface area contributed by atoms with Crippen molar-refractivity contribution < 1.29 is 27.8 Å². The third-order valence-corrected chi connectivity index (χ3v) is 6.10. The van der Waals surface area contributed by atoms with Gasteiger partial charge in [-0.15, -0.1) is 0 Å². The van der Waals surface area contributed by atoms with Crippen molar-refractivity contribution in [1.82, 2.24) is 9.88 Å². The van der Waals surface area contributed by atoms with Crippen LogP contribution in [0.5, 0.6) is 0 Å². The standard InChI is InChI=1S/C20H23F3N4O3S/c1-19(2)17(29)26(13-9-15(20(21,22)23)16(10-24)25-11-13)18(31)27(19)12-3-5-14(6-4-12)30-8-7-28/h9,11-12,14,28H,3-8H2,1-2H3/t12-,14-. The van der Waals surface area contributed by atoms with Crippen molar-refractivity contribution >= 4 is 28.9 Å².